The molecule has 0 aromatic carbocycles. The van der Waals surface area contributed by atoms with Gasteiger partial charge in [0, 0.05) is 19.3 Å². The van der Waals surface area contributed by atoms with Gasteiger partial charge in [0.05, 0.1) is 5.75 Å². The number of carbonyl (C=O) groups excluding carboxylic acids is 2. The first-order chi connectivity index (χ1) is 14.7. The number of unbranched alkanes of at least 4 members (excludes halogenated alkanes) is 13. The van der Waals surface area contributed by atoms with Crippen LogP contribution in [0.1, 0.15) is 122 Å². The van der Waals surface area contributed by atoms with Crippen LogP contribution in [-0.2, 0) is 24.4 Å². The van der Waals surface area contributed by atoms with Crippen molar-refractivity contribution in [2.75, 3.05) is 5.75 Å². The molecule has 0 aromatic heterocycles. The third-order valence-corrected chi connectivity index (χ3v) is 6.62. The van der Waals surface area contributed by atoms with Crippen molar-refractivity contribution < 1.29 is 27.9 Å². The quantitative estimate of drug-likeness (QED) is 0.216. The highest BCUT2D eigenvalue weighted by molar-refractivity contribution is 7.90. The number of ketones is 1. The van der Waals surface area contributed by atoms with Gasteiger partial charge in [-0.2, -0.15) is 0 Å². The van der Waals surface area contributed by atoms with Crippen LogP contribution in [0.4, 0.5) is 0 Å². The summed E-state index contributed by atoms with van der Waals surface area (Å²) in [6.45, 7) is 1.42. The number of carbonyl (C=O) groups is 3. The average Bonchev–Trinajstić information content (AvgIpc) is 2.66. The van der Waals surface area contributed by atoms with Crippen molar-refractivity contribution in [3.05, 3.63) is 0 Å². The summed E-state index contributed by atoms with van der Waals surface area (Å²) in [7, 11) is -3.62. The van der Waals surface area contributed by atoms with Crippen molar-refractivity contribution in [1.82, 2.24) is 4.72 Å². The van der Waals surface area contributed by atoms with E-state index in [-0.39, 0.29) is 37.2 Å². The van der Waals surface area contributed by atoms with Crippen LogP contribution in [0.5, 0.6) is 0 Å². The summed E-state index contributed by atoms with van der Waals surface area (Å²) < 4.78 is 25.6. The van der Waals surface area contributed by atoms with Gasteiger partial charge in [0.2, 0.25) is 15.9 Å². The molecular weight excluding hydrogens is 418 g/mol. The molecule has 0 aliphatic heterocycles. The number of Topliss-reactive ketones (excluding diaryl/α,β-unsaturated/α-hetero) is 1. The van der Waals surface area contributed by atoms with Crippen LogP contribution in [0.2, 0.25) is 0 Å². The van der Waals surface area contributed by atoms with Crippen molar-refractivity contribution in [3.8, 4) is 0 Å². The van der Waals surface area contributed by atoms with Gasteiger partial charge in [0.15, 0.2) is 0 Å². The van der Waals surface area contributed by atoms with Crippen molar-refractivity contribution >= 4 is 27.7 Å². The fourth-order valence-corrected chi connectivity index (χ4v) is 4.55. The van der Waals surface area contributed by atoms with E-state index in [1.54, 1.807) is 0 Å². The molecule has 31 heavy (non-hydrogen) atoms. The summed E-state index contributed by atoms with van der Waals surface area (Å²) in [4.78, 5) is 33.0. The summed E-state index contributed by atoms with van der Waals surface area (Å²) in [6.07, 6.45) is 16.4. The maximum Gasteiger partial charge on any atom is 0.303 e. The lowest BCUT2D eigenvalue weighted by atomic mass is 10.0. The number of amides is 1. The van der Waals surface area contributed by atoms with Crippen LogP contribution in [-0.4, -0.2) is 36.9 Å². The standard InChI is InChI=1S/C23H43NO6S/c1-21(25)17-16-20-31(29,30)24-22(26)18-14-12-10-8-6-4-2-3-5-7-9-11-13-15-19-23(27)28/h2-20H2,1H3,(H,24,26)(H,27,28). The van der Waals surface area contributed by atoms with Crippen molar-refractivity contribution in [1.29, 1.82) is 0 Å². The Morgan fingerprint density at radius 1 is 0.613 bits per heavy atom. The number of carboxylic acid groups (broad SMARTS) is 1. The Labute approximate surface area is 188 Å². The molecule has 7 nitrogen and oxygen atoms in total. The van der Waals surface area contributed by atoms with Gasteiger partial charge >= 0.3 is 5.97 Å². The van der Waals surface area contributed by atoms with E-state index in [1.165, 1.54) is 51.9 Å². The monoisotopic (exact) mass is 461 g/mol. The molecule has 0 atom stereocenters. The molecule has 0 saturated heterocycles. The van der Waals surface area contributed by atoms with E-state index in [0.717, 1.165) is 38.5 Å². The molecule has 0 aliphatic carbocycles. The molecule has 0 heterocycles. The van der Waals surface area contributed by atoms with E-state index in [4.69, 9.17) is 5.11 Å². The van der Waals surface area contributed by atoms with Crippen LogP contribution in [0, 0.1) is 0 Å². The third-order valence-electron chi connectivity index (χ3n) is 5.26. The highest BCUT2D eigenvalue weighted by Crippen LogP contribution is 2.13. The van der Waals surface area contributed by atoms with E-state index in [9.17, 15) is 22.8 Å². The average molecular weight is 462 g/mol. The molecule has 0 rings (SSSR count). The normalized spacial score (nSPS) is 11.4. The molecule has 1 amide bonds. The first-order valence-electron chi connectivity index (χ1n) is 12.0. The van der Waals surface area contributed by atoms with E-state index in [2.05, 4.69) is 4.72 Å². The zero-order chi connectivity index (χ0) is 23.4. The second-order valence-corrected chi connectivity index (χ2v) is 10.3. The molecule has 182 valence electrons. The lowest BCUT2D eigenvalue weighted by molar-refractivity contribution is -0.137. The van der Waals surface area contributed by atoms with E-state index in [1.807, 2.05) is 0 Å². The summed E-state index contributed by atoms with van der Waals surface area (Å²) in [5.74, 6) is -1.40. The molecule has 8 heteroatoms. The van der Waals surface area contributed by atoms with Gasteiger partial charge in [-0.05, 0) is 26.2 Å². The molecule has 0 aromatic rings. The zero-order valence-electron chi connectivity index (χ0n) is 19.3. The van der Waals surface area contributed by atoms with Gasteiger partial charge in [-0.25, -0.2) is 8.42 Å². The molecule has 0 bridgehead atoms. The van der Waals surface area contributed by atoms with Gasteiger partial charge in [0.1, 0.15) is 5.78 Å². The van der Waals surface area contributed by atoms with Crippen molar-refractivity contribution in [3.63, 3.8) is 0 Å². The van der Waals surface area contributed by atoms with Gasteiger partial charge in [0.25, 0.3) is 0 Å². The van der Waals surface area contributed by atoms with E-state index >= 15 is 0 Å². The topological polar surface area (TPSA) is 118 Å². The Kier molecular flexibility index (Phi) is 18.4. The molecule has 0 aliphatic rings. The second kappa shape index (κ2) is 19.3. The third kappa shape index (κ3) is 23.1. The summed E-state index contributed by atoms with van der Waals surface area (Å²) >= 11 is 0. The lowest BCUT2D eigenvalue weighted by Gasteiger charge is -2.06. The Hall–Kier alpha value is -1.44. The zero-order valence-corrected chi connectivity index (χ0v) is 20.1. The van der Waals surface area contributed by atoms with Crippen LogP contribution < -0.4 is 4.72 Å². The molecule has 0 unspecified atom stereocenters. The number of sulfonamides is 1. The Morgan fingerprint density at radius 3 is 1.39 bits per heavy atom. The summed E-state index contributed by atoms with van der Waals surface area (Å²) in [5.41, 5.74) is 0. The highest BCUT2D eigenvalue weighted by atomic mass is 32.2. The number of hydrogen-bond acceptors (Lipinski definition) is 5. The Balaban J connectivity index is 3.39. The summed E-state index contributed by atoms with van der Waals surface area (Å²) in [5, 5.41) is 8.57. The maximum atomic E-state index is 11.7. The first kappa shape index (κ1) is 29.6. The largest absolute Gasteiger partial charge is 0.481 e. The minimum atomic E-state index is -3.62. The molecule has 0 spiro atoms. The Morgan fingerprint density at radius 2 is 1.00 bits per heavy atom. The number of aliphatic carboxylic acids is 1. The summed E-state index contributed by atoms with van der Waals surface area (Å²) in [6, 6.07) is 0. The van der Waals surface area contributed by atoms with Crippen LogP contribution in [0.3, 0.4) is 0 Å². The smallest absolute Gasteiger partial charge is 0.303 e. The fourth-order valence-electron chi connectivity index (χ4n) is 3.47. The highest BCUT2D eigenvalue weighted by Gasteiger charge is 2.14. The van der Waals surface area contributed by atoms with Crippen molar-refractivity contribution in [2.45, 2.75) is 122 Å². The molecular formula is C23H43NO6S. The maximum absolute atomic E-state index is 11.7. The fraction of sp³-hybridized carbons (Fsp3) is 0.870. The Bertz CT molecular complexity index is 603. The predicted molar refractivity (Wildman–Crippen MR) is 123 cm³/mol. The van der Waals surface area contributed by atoms with Crippen LogP contribution in [0.25, 0.3) is 0 Å². The first-order valence-corrected chi connectivity index (χ1v) is 13.6. The number of rotatable bonds is 22. The number of hydrogen-bond donors (Lipinski definition) is 2. The predicted octanol–water partition coefficient (Wildman–Crippen LogP) is 5.13. The van der Waals surface area contributed by atoms with Gasteiger partial charge in [-0.15, -0.1) is 0 Å². The van der Waals surface area contributed by atoms with Crippen molar-refractivity contribution in [2.24, 2.45) is 0 Å². The van der Waals surface area contributed by atoms with E-state index < -0.39 is 21.9 Å². The van der Waals surface area contributed by atoms with Crippen LogP contribution >= 0.6 is 0 Å². The lowest BCUT2D eigenvalue weighted by Crippen LogP contribution is -2.32. The minimum absolute atomic E-state index is 0.0525. The van der Waals surface area contributed by atoms with Crippen LogP contribution in [0.15, 0.2) is 0 Å². The minimum Gasteiger partial charge on any atom is -0.481 e. The molecule has 0 radical (unpaired) electrons. The van der Waals surface area contributed by atoms with Gasteiger partial charge in [-0.1, -0.05) is 77.0 Å². The van der Waals surface area contributed by atoms with Gasteiger partial charge < -0.3 is 9.90 Å². The van der Waals surface area contributed by atoms with E-state index in [0.29, 0.717) is 6.42 Å². The SMILES string of the molecule is CC(=O)CCCS(=O)(=O)NC(=O)CCCCCCCCCCCCCCCCC(=O)O. The van der Waals surface area contributed by atoms with Gasteiger partial charge in [-0.3, -0.25) is 14.3 Å². The number of carboxylic acids is 1. The number of nitrogens with one attached hydrogen (secondary N) is 1. The molecule has 2 N–H and O–H groups in total. The molecule has 0 saturated carbocycles. The molecule has 0 fully saturated rings. The second-order valence-electron chi connectivity index (χ2n) is 8.49.